The van der Waals surface area contributed by atoms with Crippen LogP contribution in [-0.4, -0.2) is 10.9 Å². The molecule has 0 aliphatic heterocycles. The molecule has 0 unspecified atom stereocenters. The highest BCUT2D eigenvalue weighted by Crippen LogP contribution is 2.22. The molecule has 2 N–H and O–H groups in total. The van der Waals surface area contributed by atoms with Crippen LogP contribution in [0, 0.1) is 18.3 Å². The average molecular weight is 307 g/mol. The maximum absolute atomic E-state index is 11.2. The van der Waals surface area contributed by atoms with E-state index in [9.17, 15) is 4.79 Å². The summed E-state index contributed by atoms with van der Waals surface area (Å²) in [5.41, 5.74) is 8.10. The second kappa shape index (κ2) is 5.81. The summed E-state index contributed by atoms with van der Waals surface area (Å²) in [4.78, 5) is 15.4. The number of benzene rings is 2. The number of aromatic nitrogens is 1. The van der Waals surface area contributed by atoms with Gasteiger partial charge in [-0.25, -0.2) is 4.98 Å². The van der Waals surface area contributed by atoms with Gasteiger partial charge in [0.05, 0.1) is 5.56 Å². The fraction of sp³-hybridized carbons (Fsp3) is 0.118. The van der Waals surface area contributed by atoms with Crippen molar-refractivity contribution in [1.82, 2.24) is 4.98 Å². The number of rotatable bonds is 4. The molecule has 114 valence electrons. The van der Waals surface area contributed by atoms with E-state index in [1.165, 1.54) is 0 Å². The molecule has 6 heteroatoms. The topological polar surface area (TPSA) is 102 Å². The number of nitriles is 1. The maximum Gasteiger partial charge on any atom is 0.248 e. The van der Waals surface area contributed by atoms with Crippen LogP contribution < -0.4 is 10.5 Å². The highest BCUT2D eigenvalue weighted by atomic mass is 16.5. The number of carbonyl (C=O) groups excluding carboxylic acids is 1. The summed E-state index contributed by atoms with van der Waals surface area (Å²) in [6.45, 7) is 1.99. The minimum absolute atomic E-state index is 0.0817. The van der Waals surface area contributed by atoms with Gasteiger partial charge in [-0.3, -0.25) is 4.79 Å². The van der Waals surface area contributed by atoms with Crippen LogP contribution in [-0.2, 0) is 6.61 Å². The van der Waals surface area contributed by atoms with Gasteiger partial charge in [0.2, 0.25) is 11.8 Å². The van der Waals surface area contributed by atoms with Crippen molar-refractivity contribution in [3.63, 3.8) is 0 Å². The van der Waals surface area contributed by atoms with Crippen molar-refractivity contribution in [3.8, 4) is 11.8 Å². The van der Waals surface area contributed by atoms with Crippen LogP contribution in [0.1, 0.15) is 27.4 Å². The third kappa shape index (κ3) is 2.99. The number of nitrogens with zero attached hydrogens (tertiary/aromatic N) is 2. The molecule has 3 rings (SSSR count). The van der Waals surface area contributed by atoms with Crippen LogP contribution in [0.4, 0.5) is 0 Å². The van der Waals surface area contributed by atoms with Gasteiger partial charge in [0.25, 0.3) is 0 Å². The molecule has 0 aliphatic rings. The van der Waals surface area contributed by atoms with Crippen molar-refractivity contribution in [2.75, 3.05) is 0 Å². The molecule has 0 bridgehead atoms. The van der Waals surface area contributed by atoms with Crippen molar-refractivity contribution >= 4 is 17.0 Å². The lowest BCUT2D eigenvalue weighted by atomic mass is 10.1. The summed E-state index contributed by atoms with van der Waals surface area (Å²) in [5, 5.41) is 9.12. The van der Waals surface area contributed by atoms with E-state index in [4.69, 9.17) is 20.1 Å². The normalized spacial score (nSPS) is 10.4. The van der Waals surface area contributed by atoms with Crippen LogP contribution in [0.5, 0.6) is 5.75 Å². The lowest BCUT2D eigenvalue weighted by Crippen LogP contribution is -2.10. The fourth-order valence-corrected chi connectivity index (χ4v) is 2.18. The number of nitrogens with two attached hydrogens (primary N) is 1. The van der Waals surface area contributed by atoms with Crippen molar-refractivity contribution in [2.45, 2.75) is 13.5 Å². The first-order chi connectivity index (χ1) is 11.1. The van der Waals surface area contributed by atoms with Gasteiger partial charge in [-0.15, -0.1) is 0 Å². The Balaban J connectivity index is 1.82. The van der Waals surface area contributed by atoms with Crippen LogP contribution in [0.3, 0.4) is 0 Å². The molecule has 0 saturated carbocycles. The third-order valence-corrected chi connectivity index (χ3v) is 3.32. The Labute approximate surface area is 132 Å². The lowest BCUT2D eigenvalue weighted by Gasteiger charge is -2.05. The minimum atomic E-state index is -0.528. The summed E-state index contributed by atoms with van der Waals surface area (Å²) in [6, 6.07) is 12.2. The number of fused-ring (bicyclic) bond motifs is 1. The predicted octanol–water partition coefficient (Wildman–Crippen LogP) is 2.69. The second-order valence-electron chi connectivity index (χ2n) is 5.05. The van der Waals surface area contributed by atoms with E-state index in [2.05, 4.69) is 11.1 Å². The van der Waals surface area contributed by atoms with Gasteiger partial charge in [0.1, 0.15) is 17.3 Å². The van der Waals surface area contributed by atoms with Crippen LogP contribution in [0.25, 0.3) is 11.1 Å². The van der Waals surface area contributed by atoms with Crippen molar-refractivity contribution in [1.29, 1.82) is 5.26 Å². The Morgan fingerprint density at radius 3 is 2.91 bits per heavy atom. The molecule has 1 heterocycles. The van der Waals surface area contributed by atoms with E-state index in [0.29, 0.717) is 33.9 Å². The largest absolute Gasteiger partial charge is 0.482 e. The van der Waals surface area contributed by atoms with Crippen molar-refractivity contribution < 1.29 is 13.9 Å². The van der Waals surface area contributed by atoms with E-state index in [-0.39, 0.29) is 6.61 Å². The molecule has 3 aromatic rings. The Morgan fingerprint density at radius 1 is 1.35 bits per heavy atom. The molecule has 1 aromatic heterocycles. The van der Waals surface area contributed by atoms with Gasteiger partial charge in [0.15, 0.2) is 12.2 Å². The zero-order valence-electron chi connectivity index (χ0n) is 12.4. The zero-order chi connectivity index (χ0) is 16.4. The van der Waals surface area contributed by atoms with Crippen LogP contribution in [0.2, 0.25) is 0 Å². The highest BCUT2D eigenvalue weighted by molar-refractivity contribution is 5.95. The molecule has 0 atom stereocenters. The van der Waals surface area contributed by atoms with E-state index in [1.807, 2.05) is 13.0 Å². The van der Waals surface area contributed by atoms with Crippen molar-refractivity contribution in [3.05, 3.63) is 59.0 Å². The van der Waals surface area contributed by atoms with Gasteiger partial charge in [-0.2, -0.15) is 5.26 Å². The molecule has 0 aliphatic carbocycles. The SMILES string of the molecule is Cc1ccc(OCc2nc3ccc(C(N)=O)cc3o2)c(C#N)c1. The van der Waals surface area contributed by atoms with Gasteiger partial charge in [0, 0.05) is 5.56 Å². The molecule has 0 radical (unpaired) electrons. The third-order valence-electron chi connectivity index (χ3n) is 3.32. The monoisotopic (exact) mass is 307 g/mol. The van der Waals surface area contributed by atoms with E-state index < -0.39 is 5.91 Å². The lowest BCUT2D eigenvalue weighted by molar-refractivity contribution is 0.100. The summed E-state index contributed by atoms with van der Waals surface area (Å²) in [5.74, 6) is 0.295. The Morgan fingerprint density at radius 2 is 2.17 bits per heavy atom. The van der Waals surface area contributed by atoms with Crippen LogP contribution >= 0.6 is 0 Å². The van der Waals surface area contributed by atoms with E-state index >= 15 is 0 Å². The van der Waals surface area contributed by atoms with Gasteiger partial charge in [-0.1, -0.05) is 6.07 Å². The molecule has 23 heavy (non-hydrogen) atoms. The van der Waals surface area contributed by atoms with Gasteiger partial charge in [-0.05, 0) is 42.8 Å². The second-order valence-corrected chi connectivity index (χ2v) is 5.05. The number of aryl methyl sites for hydroxylation is 1. The molecular formula is C17H13N3O3. The Bertz CT molecular complexity index is 938. The average Bonchev–Trinajstić information content (AvgIpc) is 2.95. The number of oxazole rings is 1. The maximum atomic E-state index is 11.2. The van der Waals surface area contributed by atoms with Crippen molar-refractivity contribution in [2.24, 2.45) is 5.73 Å². The molecule has 1 amide bonds. The summed E-state index contributed by atoms with van der Waals surface area (Å²) < 4.78 is 11.2. The Hall–Kier alpha value is -3.33. The molecule has 6 nitrogen and oxygen atoms in total. The molecular weight excluding hydrogens is 294 g/mol. The van der Waals surface area contributed by atoms with E-state index in [0.717, 1.165) is 5.56 Å². The van der Waals surface area contributed by atoms with Gasteiger partial charge >= 0.3 is 0 Å². The van der Waals surface area contributed by atoms with E-state index in [1.54, 1.807) is 30.3 Å². The summed E-state index contributed by atoms with van der Waals surface area (Å²) >= 11 is 0. The molecule has 0 fully saturated rings. The number of hydrogen-bond acceptors (Lipinski definition) is 5. The molecule has 0 saturated heterocycles. The molecule has 2 aromatic carbocycles. The minimum Gasteiger partial charge on any atom is -0.482 e. The smallest absolute Gasteiger partial charge is 0.248 e. The number of ether oxygens (including phenoxy) is 1. The number of primary amides is 1. The summed E-state index contributed by atoms with van der Waals surface area (Å²) in [7, 11) is 0. The number of amides is 1. The first kappa shape index (κ1) is 14.6. The quantitative estimate of drug-likeness (QED) is 0.798. The fourth-order valence-electron chi connectivity index (χ4n) is 2.18. The van der Waals surface area contributed by atoms with Gasteiger partial charge < -0.3 is 14.9 Å². The summed E-state index contributed by atoms with van der Waals surface area (Å²) in [6.07, 6.45) is 0. The zero-order valence-corrected chi connectivity index (χ0v) is 12.4. The standard InChI is InChI=1S/C17H13N3O3/c1-10-2-5-14(12(6-10)8-18)22-9-16-20-13-4-3-11(17(19)21)7-15(13)23-16/h2-7H,9H2,1H3,(H2,19,21). The predicted molar refractivity (Wildman–Crippen MR) is 82.8 cm³/mol. The molecule has 0 spiro atoms. The van der Waals surface area contributed by atoms with Crippen LogP contribution in [0.15, 0.2) is 40.8 Å². The highest BCUT2D eigenvalue weighted by Gasteiger charge is 2.10. The number of carbonyl (C=O) groups is 1. The first-order valence-electron chi connectivity index (χ1n) is 6.89. The number of hydrogen-bond donors (Lipinski definition) is 1. The first-order valence-corrected chi connectivity index (χ1v) is 6.89. The Kier molecular flexibility index (Phi) is 3.69.